The molecule has 7 nitrogen and oxygen atoms in total. The number of hydrogen-bond donors (Lipinski definition) is 1. The van der Waals surface area contributed by atoms with E-state index in [0.29, 0.717) is 48.4 Å². The van der Waals surface area contributed by atoms with Crippen molar-refractivity contribution >= 4 is 12.2 Å². The maximum atomic E-state index is 12.6. The second-order valence-corrected chi connectivity index (χ2v) is 7.24. The maximum Gasteiger partial charge on any atom is 0.258 e. The molecule has 3 rings (SSSR count). The summed E-state index contributed by atoms with van der Waals surface area (Å²) in [4.78, 5) is 23.6. The summed E-state index contributed by atoms with van der Waals surface area (Å²) in [5.74, 6) is 2.14. The summed E-state index contributed by atoms with van der Waals surface area (Å²) in [6, 6.07) is 10.3. The monoisotopic (exact) mass is 413 g/mol. The fraction of sp³-hybridized carbons (Fsp3) is 0.391. The average molecular weight is 413 g/mol. The molecule has 1 atom stereocenters. The fourth-order valence-corrected chi connectivity index (χ4v) is 3.23. The van der Waals surface area contributed by atoms with Gasteiger partial charge in [-0.25, -0.2) is 0 Å². The van der Waals surface area contributed by atoms with Gasteiger partial charge in [0.1, 0.15) is 19.5 Å². The van der Waals surface area contributed by atoms with Crippen LogP contribution < -0.4 is 24.3 Å². The summed E-state index contributed by atoms with van der Waals surface area (Å²) in [6.45, 7) is 7.20. The summed E-state index contributed by atoms with van der Waals surface area (Å²) in [6.07, 6.45) is 0.736. The van der Waals surface area contributed by atoms with Crippen molar-refractivity contribution in [1.82, 2.24) is 5.32 Å². The fourth-order valence-electron chi connectivity index (χ4n) is 3.23. The minimum Gasteiger partial charge on any atom is -0.490 e. The molecule has 0 spiro atoms. The Labute approximate surface area is 176 Å². The van der Waals surface area contributed by atoms with E-state index in [4.69, 9.17) is 18.9 Å². The van der Waals surface area contributed by atoms with E-state index in [0.717, 1.165) is 11.8 Å². The van der Waals surface area contributed by atoms with E-state index in [9.17, 15) is 9.59 Å². The van der Waals surface area contributed by atoms with Gasteiger partial charge in [0.15, 0.2) is 29.6 Å². The molecular formula is C23H27NO6. The summed E-state index contributed by atoms with van der Waals surface area (Å²) >= 11 is 0. The van der Waals surface area contributed by atoms with Crippen molar-refractivity contribution < 1.29 is 28.5 Å². The Kier molecular flexibility index (Phi) is 7.17. The summed E-state index contributed by atoms with van der Waals surface area (Å²) in [5, 5.41) is 3.03. The van der Waals surface area contributed by atoms with Crippen molar-refractivity contribution in [3.05, 3.63) is 47.5 Å². The highest BCUT2D eigenvalue weighted by molar-refractivity contribution is 5.79. The third kappa shape index (κ3) is 5.23. The van der Waals surface area contributed by atoms with Crippen LogP contribution in [0.5, 0.6) is 23.0 Å². The van der Waals surface area contributed by atoms with E-state index >= 15 is 0 Å². The Hall–Kier alpha value is -3.22. The molecule has 0 fully saturated rings. The predicted octanol–water partition coefficient (Wildman–Crippen LogP) is 3.56. The van der Waals surface area contributed by atoms with Gasteiger partial charge in [-0.15, -0.1) is 0 Å². The molecule has 0 bridgehead atoms. The molecule has 1 amide bonds. The molecule has 0 radical (unpaired) electrons. The van der Waals surface area contributed by atoms with Crippen molar-refractivity contribution in [3.63, 3.8) is 0 Å². The number of amides is 1. The Balaban J connectivity index is 1.67. The second-order valence-electron chi connectivity index (χ2n) is 7.24. The number of hydrogen-bond acceptors (Lipinski definition) is 6. The number of carbonyl (C=O) groups excluding carboxylic acids is 2. The lowest BCUT2D eigenvalue weighted by Crippen LogP contribution is -2.35. The average Bonchev–Trinajstić information content (AvgIpc) is 2.76. The molecule has 2 aromatic carbocycles. The van der Waals surface area contributed by atoms with Crippen LogP contribution in [0.1, 0.15) is 42.7 Å². The van der Waals surface area contributed by atoms with E-state index in [1.165, 1.54) is 0 Å². The molecule has 1 aliphatic heterocycles. The first-order valence-corrected chi connectivity index (χ1v) is 10.1. The van der Waals surface area contributed by atoms with Gasteiger partial charge in [0.05, 0.1) is 12.6 Å². The Bertz CT molecular complexity index is 895. The van der Waals surface area contributed by atoms with Gasteiger partial charge in [-0.1, -0.05) is 19.9 Å². The van der Waals surface area contributed by atoms with Crippen molar-refractivity contribution in [2.45, 2.75) is 26.8 Å². The molecule has 0 aliphatic carbocycles. The molecule has 160 valence electrons. The number of fused-ring (bicyclic) bond motifs is 1. The predicted molar refractivity (Wildman–Crippen MR) is 112 cm³/mol. The zero-order chi connectivity index (χ0) is 21.5. The molecule has 1 N–H and O–H groups in total. The van der Waals surface area contributed by atoms with Crippen LogP contribution in [-0.2, 0) is 4.79 Å². The summed E-state index contributed by atoms with van der Waals surface area (Å²) < 4.78 is 22.4. The standard InChI is InChI=1S/C23H27NO6/c1-4-27-20-11-16(13-25)5-7-19(20)30-14-22(26)24-23(15(2)3)17-6-8-18-21(12-17)29-10-9-28-18/h5-8,11-13,15,23H,4,9-10,14H2,1-3H3,(H,24,26)/t23-/m0/s1. The van der Waals surface area contributed by atoms with Crippen LogP contribution in [0.3, 0.4) is 0 Å². The van der Waals surface area contributed by atoms with Gasteiger partial charge < -0.3 is 24.3 Å². The van der Waals surface area contributed by atoms with Gasteiger partial charge in [0, 0.05) is 5.56 Å². The van der Waals surface area contributed by atoms with E-state index in [2.05, 4.69) is 5.32 Å². The largest absolute Gasteiger partial charge is 0.490 e. The van der Waals surface area contributed by atoms with Crippen molar-refractivity contribution in [2.24, 2.45) is 5.92 Å². The lowest BCUT2D eigenvalue weighted by Gasteiger charge is -2.25. The molecular weight excluding hydrogens is 386 g/mol. The van der Waals surface area contributed by atoms with E-state index in [1.807, 2.05) is 39.0 Å². The lowest BCUT2D eigenvalue weighted by molar-refractivity contribution is -0.124. The van der Waals surface area contributed by atoms with Gasteiger partial charge in [-0.05, 0) is 48.7 Å². The minimum absolute atomic E-state index is 0.155. The molecule has 1 aliphatic rings. The third-order valence-electron chi connectivity index (χ3n) is 4.67. The quantitative estimate of drug-likeness (QED) is 0.633. The Morgan fingerprint density at radius 2 is 1.83 bits per heavy atom. The molecule has 0 unspecified atom stereocenters. The van der Waals surface area contributed by atoms with Crippen LogP contribution in [0.2, 0.25) is 0 Å². The Morgan fingerprint density at radius 1 is 1.07 bits per heavy atom. The van der Waals surface area contributed by atoms with Crippen LogP contribution in [0.15, 0.2) is 36.4 Å². The van der Waals surface area contributed by atoms with Gasteiger partial charge in [0.25, 0.3) is 5.91 Å². The smallest absolute Gasteiger partial charge is 0.258 e. The van der Waals surface area contributed by atoms with E-state index < -0.39 is 0 Å². The van der Waals surface area contributed by atoms with Crippen LogP contribution in [0.4, 0.5) is 0 Å². The van der Waals surface area contributed by atoms with Crippen molar-refractivity contribution in [1.29, 1.82) is 0 Å². The normalized spacial score (nSPS) is 13.5. The summed E-state index contributed by atoms with van der Waals surface area (Å²) in [7, 11) is 0. The van der Waals surface area contributed by atoms with Gasteiger partial charge in [-0.3, -0.25) is 9.59 Å². The molecule has 2 aromatic rings. The zero-order valence-corrected chi connectivity index (χ0v) is 17.5. The zero-order valence-electron chi connectivity index (χ0n) is 17.5. The third-order valence-corrected chi connectivity index (χ3v) is 4.67. The number of rotatable bonds is 9. The molecule has 0 saturated heterocycles. The Morgan fingerprint density at radius 3 is 2.53 bits per heavy atom. The van der Waals surface area contributed by atoms with Gasteiger partial charge in [0.2, 0.25) is 0 Å². The molecule has 0 saturated carbocycles. The maximum absolute atomic E-state index is 12.6. The minimum atomic E-state index is -0.259. The van der Waals surface area contributed by atoms with E-state index in [1.54, 1.807) is 18.2 Å². The lowest BCUT2D eigenvalue weighted by atomic mass is 9.95. The highest BCUT2D eigenvalue weighted by Crippen LogP contribution is 2.34. The topological polar surface area (TPSA) is 83.1 Å². The molecule has 7 heteroatoms. The number of carbonyl (C=O) groups is 2. The number of benzene rings is 2. The van der Waals surface area contributed by atoms with Crippen LogP contribution in [0, 0.1) is 5.92 Å². The first kappa shape index (κ1) is 21.5. The van der Waals surface area contributed by atoms with Crippen LogP contribution >= 0.6 is 0 Å². The molecule has 0 aromatic heterocycles. The first-order chi connectivity index (χ1) is 14.5. The van der Waals surface area contributed by atoms with Crippen LogP contribution in [0.25, 0.3) is 0 Å². The second kappa shape index (κ2) is 10.0. The van der Waals surface area contributed by atoms with Crippen molar-refractivity contribution in [3.8, 4) is 23.0 Å². The van der Waals surface area contributed by atoms with Gasteiger partial charge in [-0.2, -0.15) is 0 Å². The number of ether oxygens (including phenoxy) is 4. The highest BCUT2D eigenvalue weighted by Gasteiger charge is 2.22. The summed E-state index contributed by atoms with van der Waals surface area (Å²) in [5.41, 5.74) is 1.42. The van der Waals surface area contributed by atoms with E-state index in [-0.39, 0.29) is 24.5 Å². The van der Waals surface area contributed by atoms with Crippen molar-refractivity contribution in [2.75, 3.05) is 26.4 Å². The molecule has 1 heterocycles. The number of nitrogens with one attached hydrogen (secondary N) is 1. The van der Waals surface area contributed by atoms with Gasteiger partial charge >= 0.3 is 0 Å². The SMILES string of the molecule is CCOc1cc(C=O)ccc1OCC(=O)N[C@H](c1ccc2c(c1)OCCO2)C(C)C. The first-order valence-electron chi connectivity index (χ1n) is 10.1. The van der Waals surface area contributed by atoms with Crippen LogP contribution in [-0.4, -0.2) is 38.6 Å². The number of aldehydes is 1. The molecule has 30 heavy (non-hydrogen) atoms. The highest BCUT2D eigenvalue weighted by atomic mass is 16.6.